The lowest BCUT2D eigenvalue weighted by Gasteiger charge is -2.38. The van der Waals surface area contributed by atoms with Crippen LogP contribution in [0.25, 0.3) is 0 Å². The van der Waals surface area contributed by atoms with Crippen LogP contribution in [0.2, 0.25) is 0 Å². The Kier molecular flexibility index (Phi) is 6.27. The quantitative estimate of drug-likeness (QED) is 0.721. The summed E-state index contributed by atoms with van der Waals surface area (Å²) in [6.07, 6.45) is 3.12. The van der Waals surface area contributed by atoms with Gasteiger partial charge in [-0.15, -0.1) is 11.6 Å². The number of amides is 2. The maximum Gasteiger partial charge on any atom is 0.256 e. The van der Waals surface area contributed by atoms with Crippen molar-refractivity contribution in [2.75, 3.05) is 33.2 Å². The highest BCUT2D eigenvalue weighted by molar-refractivity contribution is 6.27. The van der Waals surface area contributed by atoms with E-state index in [1.54, 1.807) is 14.2 Å². The van der Waals surface area contributed by atoms with Crippen LogP contribution in [0.3, 0.4) is 0 Å². The van der Waals surface area contributed by atoms with Crippen LogP contribution in [0.15, 0.2) is 24.3 Å². The second kappa shape index (κ2) is 8.48. The summed E-state index contributed by atoms with van der Waals surface area (Å²) in [7, 11) is 3.15. The van der Waals surface area contributed by atoms with Crippen molar-refractivity contribution in [2.24, 2.45) is 5.92 Å². The van der Waals surface area contributed by atoms with Gasteiger partial charge in [-0.25, -0.2) is 0 Å². The van der Waals surface area contributed by atoms with Crippen LogP contribution in [0, 0.1) is 5.92 Å². The fraction of sp³-hybridized carbons (Fsp3) is 0.600. The van der Waals surface area contributed by atoms with E-state index in [0.29, 0.717) is 24.8 Å². The number of nitrogens with zero attached hydrogens (tertiary/aromatic N) is 1. The number of piperidine rings is 1. The van der Waals surface area contributed by atoms with Crippen molar-refractivity contribution in [3.05, 3.63) is 29.8 Å². The summed E-state index contributed by atoms with van der Waals surface area (Å²) in [4.78, 5) is 26.5. The maximum atomic E-state index is 13.0. The van der Waals surface area contributed by atoms with E-state index >= 15 is 0 Å². The van der Waals surface area contributed by atoms with E-state index in [-0.39, 0.29) is 23.2 Å². The zero-order valence-corrected chi connectivity index (χ0v) is 16.6. The molecule has 1 aliphatic carbocycles. The van der Waals surface area contributed by atoms with Crippen molar-refractivity contribution in [1.29, 1.82) is 0 Å². The molecule has 1 unspecified atom stereocenters. The van der Waals surface area contributed by atoms with Crippen molar-refractivity contribution in [3.8, 4) is 5.75 Å². The fourth-order valence-corrected chi connectivity index (χ4v) is 4.15. The lowest BCUT2D eigenvalue weighted by atomic mass is 9.87. The second-order valence-corrected chi connectivity index (χ2v) is 7.60. The summed E-state index contributed by atoms with van der Waals surface area (Å²) >= 11 is 5.63. The number of hydrogen-bond acceptors (Lipinski definition) is 4. The molecule has 0 radical (unpaired) electrons. The van der Waals surface area contributed by atoms with Crippen LogP contribution in [0.5, 0.6) is 5.75 Å². The van der Waals surface area contributed by atoms with E-state index in [4.69, 9.17) is 21.1 Å². The number of hydrogen-bond donors (Lipinski definition) is 1. The van der Waals surface area contributed by atoms with Crippen LogP contribution in [0.4, 0.5) is 0 Å². The van der Waals surface area contributed by atoms with Gasteiger partial charge in [0.2, 0.25) is 5.91 Å². The van der Waals surface area contributed by atoms with Crippen LogP contribution in [-0.2, 0) is 14.3 Å². The largest absolute Gasteiger partial charge is 0.497 e. The molecule has 148 valence electrons. The third kappa shape index (κ3) is 4.38. The molecule has 3 rings (SSSR count). The minimum Gasteiger partial charge on any atom is -0.497 e. The molecule has 1 N–H and O–H groups in total. The molecule has 1 aliphatic heterocycles. The van der Waals surface area contributed by atoms with Crippen LogP contribution < -0.4 is 10.1 Å². The summed E-state index contributed by atoms with van der Waals surface area (Å²) in [6.45, 7) is 1.34. The first-order valence-electron chi connectivity index (χ1n) is 9.35. The Morgan fingerprint density at radius 3 is 2.56 bits per heavy atom. The van der Waals surface area contributed by atoms with Crippen molar-refractivity contribution in [2.45, 2.75) is 37.3 Å². The highest BCUT2D eigenvalue weighted by atomic mass is 35.5. The first kappa shape index (κ1) is 20.0. The number of methoxy groups -OCH3 is 2. The van der Waals surface area contributed by atoms with Gasteiger partial charge >= 0.3 is 0 Å². The van der Waals surface area contributed by atoms with E-state index in [1.807, 2.05) is 29.2 Å². The SMILES string of the molecule is COc1cccc(C(OC)C(=O)N2CCC(C3(NC(=O)CCl)CC3)CC2)c1. The Balaban J connectivity index is 1.61. The zero-order valence-electron chi connectivity index (χ0n) is 15.9. The maximum absolute atomic E-state index is 13.0. The number of ether oxygens (including phenoxy) is 2. The highest BCUT2D eigenvalue weighted by Crippen LogP contribution is 2.46. The van der Waals surface area contributed by atoms with E-state index < -0.39 is 6.10 Å². The van der Waals surface area contributed by atoms with Gasteiger partial charge in [-0.05, 0) is 49.3 Å². The number of carbonyl (C=O) groups is 2. The monoisotopic (exact) mass is 394 g/mol. The Labute approximate surface area is 165 Å². The Morgan fingerprint density at radius 1 is 1.30 bits per heavy atom. The molecule has 1 aromatic rings. The number of rotatable bonds is 7. The van der Waals surface area contributed by atoms with Gasteiger partial charge in [0.15, 0.2) is 6.10 Å². The number of carbonyl (C=O) groups excluding carboxylic acids is 2. The van der Waals surface area contributed by atoms with Gasteiger partial charge in [-0.1, -0.05) is 12.1 Å². The number of nitrogens with one attached hydrogen (secondary N) is 1. The molecule has 1 heterocycles. The molecule has 27 heavy (non-hydrogen) atoms. The first-order valence-corrected chi connectivity index (χ1v) is 9.89. The summed E-state index contributed by atoms with van der Waals surface area (Å²) in [5, 5.41) is 3.09. The zero-order chi connectivity index (χ0) is 19.4. The average molecular weight is 395 g/mol. The number of benzene rings is 1. The molecule has 1 atom stereocenters. The van der Waals surface area contributed by atoms with Gasteiger partial charge in [0.05, 0.1) is 7.11 Å². The molecule has 1 aromatic carbocycles. The Hall–Kier alpha value is -1.79. The first-order chi connectivity index (χ1) is 13.0. The summed E-state index contributed by atoms with van der Waals surface area (Å²) in [5.41, 5.74) is 0.686. The van der Waals surface area contributed by atoms with Crippen LogP contribution in [-0.4, -0.2) is 55.4 Å². The molecule has 0 aromatic heterocycles. The van der Waals surface area contributed by atoms with Gasteiger partial charge in [0.1, 0.15) is 11.6 Å². The van der Waals surface area contributed by atoms with Crippen LogP contribution >= 0.6 is 11.6 Å². The summed E-state index contributed by atoms with van der Waals surface area (Å²) < 4.78 is 10.8. The predicted octanol–water partition coefficient (Wildman–Crippen LogP) is 2.51. The number of halogens is 1. The van der Waals surface area contributed by atoms with E-state index in [9.17, 15) is 9.59 Å². The lowest BCUT2D eigenvalue weighted by molar-refractivity contribution is -0.144. The minimum absolute atomic E-state index is 0.00482. The van der Waals surface area contributed by atoms with Gasteiger partial charge < -0.3 is 19.7 Å². The molecule has 2 amide bonds. The molecule has 2 aliphatic rings. The van der Waals surface area contributed by atoms with Crippen molar-refractivity contribution < 1.29 is 19.1 Å². The highest BCUT2D eigenvalue weighted by Gasteiger charge is 2.51. The smallest absolute Gasteiger partial charge is 0.256 e. The van der Waals surface area contributed by atoms with Gasteiger partial charge in [0.25, 0.3) is 5.91 Å². The van der Waals surface area contributed by atoms with E-state index in [2.05, 4.69) is 5.32 Å². The Bertz CT molecular complexity index is 684. The molecule has 0 bridgehead atoms. The molecular formula is C20H27ClN2O4. The molecule has 6 nitrogen and oxygen atoms in total. The molecule has 0 spiro atoms. The molecular weight excluding hydrogens is 368 g/mol. The number of alkyl halides is 1. The predicted molar refractivity (Wildman–Crippen MR) is 103 cm³/mol. The van der Waals surface area contributed by atoms with Crippen molar-refractivity contribution in [1.82, 2.24) is 10.2 Å². The van der Waals surface area contributed by atoms with Gasteiger partial charge in [0, 0.05) is 25.7 Å². The van der Waals surface area contributed by atoms with Crippen molar-refractivity contribution in [3.63, 3.8) is 0 Å². The fourth-order valence-electron chi connectivity index (χ4n) is 4.08. The third-order valence-corrected chi connectivity index (χ3v) is 5.99. The third-order valence-electron chi connectivity index (χ3n) is 5.74. The van der Waals surface area contributed by atoms with Crippen LogP contribution in [0.1, 0.15) is 37.4 Å². The van der Waals surface area contributed by atoms with Gasteiger partial charge in [-0.3, -0.25) is 9.59 Å². The Morgan fingerprint density at radius 2 is 2.00 bits per heavy atom. The average Bonchev–Trinajstić information content (AvgIpc) is 3.49. The molecule has 2 fully saturated rings. The summed E-state index contributed by atoms with van der Waals surface area (Å²) in [6, 6.07) is 7.41. The summed E-state index contributed by atoms with van der Waals surface area (Å²) in [5.74, 6) is 0.956. The lowest BCUT2D eigenvalue weighted by Crippen LogP contribution is -2.49. The second-order valence-electron chi connectivity index (χ2n) is 7.33. The minimum atomic E-state index is -0.637. The van der Waals surface area contributed by atoms with Gasteiger partial charge in [-0.2, -0.15) is 0 Å². The van der Waals surface area contributed by atoms with E-state index in [0.717, 1.165) is 31.2 Å². The molecule has 7 heteroatoms. The number of likely N-dealkylation sites (tertiary alicyclic amines) is 1. The molecule has 1 saturated heterocycles. The normalized spacial score (nSPS) is 20.0. The standard InChI is InChI=1S/C20H27ClN2O4/c1-26-16-5-3-4-14(12-16)18(27-2)19(25)23-10-6-15(7-11-23)20(8-9-20)22-17(24)13-21/h3-5,12,15,18H,6-11,13H2,1-2H3,(H,22,24). The topological polar surface area (TPSA) is 67.9 Å². The molecule has 1 saturated carbocycles. The van der Waals surface area contributed by atoms with E-state index in [1.165, 1.54) is 0 Å². The van der Waals surface area contributed by atoms with Crippen molar-refractivity contribution >= 4 is 23.4 Å².